The molecule has 3 heterocycles. The minimum Gasteiger partial charge on any atom is -0.278 e. The molecule has 0 spiro atoms. The van der Waals surface area contributed by atoms with Crippen LogP contribution in [0.25, 0.3) is 91.6 Å². The van der Waals surface area contributed by atoms with Crippen LogP contribution in [0.1, 0.15) is 0 Å². The van der Waals surface area contributed by atoms with Gasteiger partial charge in [-0.1, -0.05) is 109 Å². The van der Waals surface area contributed by atoms with Crippen molar-refractivity contribution >= 4 is 85.8 Å². The molecule has 0 aliphatic heterocycles. The zero-order chi connectivity index (χ0) is 28.8. The van der Waals surface area contributed by atoms with Crippen molar-refractivity contribution in [3.63, 3.8) is 0 Å². The molecule has 0 aliphatic carbocycles. The average Bonchev–Trinajstić information content (AvgIpc) is 3.62. The van der Waals surface area contributed by atoms with Gasteiger partial charge in [-0.25, -0.2) is 9.97 Å². The predicted octanol–water partition coefficient (Wildman–Crippen LogP) is 11.1. The SMILES string of the molecule is c1ccc2cc3c(cc2c1)c1ccccc1n3-c1nc(-c2ccc3c(ccc4ccccc43)c2)c2sc3ccccc3c2n1. The third kappa shape index (κ3) is 3.37. The number of hydrogen-bond donors (Lipinski definition) is 0. The van der Waals surface area contributed by atoms with Gasteiger partial charge in [-0.2, -0.15) is 0 Å². The van der Waals surface area contributed by atoms with Crippen molar-refractivity contribution in [3.05, 3.63) is 140 Å². The van der Waals surface area contributed by atoms with Crippen molar-refractivity contribution in [2.45, 2.75) is 0 Å². The third-order valence-corrected chi connectivity index (χ3v) is 10.1. The molecule has 0 fully saturated rings. The molecular weight excluding hydrogens is 555 g/mol. The van der Waals surface area contributed by atoms with Gasteiger partial charge in [0.2, 0.25) is 5.95 Å². The first-order chi connectivity index (χ1) is 21.8. The lowest BCUT2D eigenvalue weighted by Crippen LogP contribution is -2.02. The van der Waals surface area contributed by atoms with Crippen LogP contribution < -0.4 is 0 Å². The Morgan fingerprint density at radius 3 is 2.02 bits per heavy atom. The maximum atomic E-state index is 5.42. The van der Waals surface area contributed by atoms with Crippen LogP contribution in [-0.4, -0.2) is 14.5 Å². The molecule has 10 aromatic rings. The van der Waals surface area contributed by atoms with Crippen LogP contribution in [-0.2, 0) is 0 Å². The number of fused-ring (bicyclic) bond motifs is 10. The molecule has 204 valence electrons. The van der Waals surface area contributed by atoms with E-state index in [9.17, 15) is 0 Å². The second-order valence-electron chi connectivity index (χ2n) is 11.4. The molecule has 0 unspecified atom stereocenters. The Labute approximate surface area is 256 Å². The van der Waals surface area contributed by atoms with Crippen LogP contribution in [0.3, 0.4) is 0 Å². The van der Waals surface area contributed by atoms with Gasteiger partial charge in [-0.15, -0.1) is 11.3 Å². The van der Waals surface area contributed by atoms with Crippen LogP contribution in [0.5, 0.6) is 0 Å². The number of aromatic nitrogens is 3. The fourth-order valence-corrected chi connectivity index (χ4v) is 8.06. The normalized spacial score (nSPS) is 12.1. The van der Waals surface area contributed by atoms with Gasteiger partial charge in [-0.3, -0.25) is 4.57 Å². The highest BCUT2D eigenvalue weighted by Gasteiger charge is 2.20. The second kappa shape index (κ2) is 8.96. The zero-order valence-electron chi connectivity index (χ0n) is 23.5. The quantitative estimate of drug-likeness (QED) is 0.191. The van der Waals surface area contributed by atoms with Gasteiger partial charge >= 0.3 is 0 Å². The van der Waals surface area contributed by atoms with Crippen molar-refractivity contribution in [2.75, 3.05) is 0 Å². The molecule has 0 bridgehead atoms. The molecule has 10 rings (SSSR count). The smallest absolute Gasteiger partial charge is 0.235 e. The topological polar surface area (TPSA) is 30.7 Å². The minimum atomic E-state index is 0.691. The summed E-state index contributed by atoms with van der Waals surface area (Å²) in [6.45, 7) is 0. The molecule has 0 aliphatic rings. The molecule has 0 saturated carbocycles. The fraction of sp³-hybridized carbons (Fsp3) is 0. The van der Waals surface area contributed by atoms with E-state index < -0.39 is 0 Å². The van der Waals surface area contributed by atoms with E-state index in [2.05, 4.69) is 144 Å². The molecule has 0 amide bonds. The van der Waals surface area contributed by atoms with E-state index in [1.54, 1.807) is 11.3 Å². The molecule has 3 aromatic heterocycles. The van der Waals surface area contributed by atoms with Gasteiger partial charge < -0.3 is 0 Å². The molecule has 0 saturated heterocycles. The van der Waals surface area contributed by atoms with E-state index in [0.29, 0.717) is 5.95 Å². The van der Waals surface area contributed by atoms with Gasteiger partial charge in [0.25, 0.3) is 0 Å². The van der Waals surface area contributed by atoms with E-state index in [4.69, 9.17) is 9.97 Å². The summed E-state index contributed by atoms with van der Waals surface area (Å²) >= 11 is 1.77. The predicted molar refractivity (Wildman–Crippen MR) is 187 cm³/mol. The van der Waals surface area contributed by atoms with Gasteiger partial charge in [-0.05, 0) is 62.6 Å². The molecule has 4 heteroatoms. The summed E-state index contributed by atoms with van der Waals surface area (Å²) < 4.78 is 4.58. The van der Waals surface area contributed by atoms with Gasteiger partial charge in [0.05, 0.1) is 26.9 Å². The molecule has 3 nitrogen and oxygen atoms in total. The number of hydrogen-bond acceptors (Lipinski definition) is 3. The van der Waals surface area contributed by atoms with E-state index in [1.807, 2.05) is 0 Å². The molecule has 0 N–H and O–H groups in total. The lowest BCUT2D eigenvalue weighted by molar-refractivity contribution is 1.02. The van der Waals surface area contributed by atoms with Crippen molar-refractivity contribution in [2.24, 2.45) is 0 Å². The number of benzene rings is 7. The Bertz CT molecular complexity index is 2790. The van der Waals surface area contributed by atoms with Gasteiger partial charge in [0.1, 0.15) is 0 Å². The number of para-hydroxylation sites is 1. The summed E-state index contributed by atoms with van der Waals surface area (Å²) in [6.07, 6.45) is 0. The van der Waals surface area contributed by atoms with Crippen LogP contribution in [0.4, 0.5) is 0 Å². The highest BCUT2D eigenvalue weighted by atomic mass is 32.1. The number of rotatable bonds is 2. The lowest BCUT2D eigenvalue weighted by atomic mass is 9.99. The first-order valence-corrected chi connectivity index (χ1v) is 15.7. The maximum absolute atomic E-state index is 5.42. The summed E-state index contributed by atoms with van der Waals surface area (Å²) in [5.74, 6) is 0.691. The summed E-state index contributed by atoms with van der Waals surface area (Å²) in [6, 6.07) is 50.1. The Morgan fingerprint density at radius 2 is 1.14 bits per heavy atom. The average molecular weight is 578 g/mol. The summed E-state index contributed by atoms with van der Waals surface area (Å²) in [5, 5.41) is 11.0. The summed E-state index contributed by atoms with van der Waals surface area (Å²) in [7, 11) is 0. The second-order valence-corrected chi connectivity index (χ2v) is 12.5. The maximum Gasteiger partial charge on any atom is 0.235 e. The Balaban J connectivity index is 1.32. The third-order valence-electron chi connectivity index (χ3n) is 8.97. The van der Waals surface area contributed by atoms with E-state index in [-0.39, 0.29) is 0 Å². The molecule has 0 radical (unpaired) electrons. The molecule has 0 atom stereocenters. The Morgan fingerprint density at radius 1 is 0.455 bits per heavy atom. The molecule has 44 heavy (non-hydrogen) atoms. The standard InChI is InChI=1S/C40H23N3S/c1-2-11-26-23-35-33(22-25(26)10-1)31-13-5-7-15-34(31)43(35)40-41-37(39-38(42-40)32-14-6-8-16-36(32)44-39)28-19-20-30-27(21-28)18-17-24-9-3-4-12-29(24)30/h1-23H. The minimum absolute atomic E-state index is 0.691. The first kappa shape index (κ1) is 23.9. The highest BCUT2D eigenvalue weighted by Crippen LogP contribution is 2.41. The van der Waals surface area contributed by atoms with E-state index in [0.717, 1.165) is 37.9 Å². The van der Waals surface area contributed by atoms with Crippen molar-refractivity contribution in [1.82, 2.24) is 14.5 Å². The monoisotopic (exact) mass is 577 g/mol. The Hall–Kier alpha value is -5.58. The van der Waals surface area contributed by atoms with Gasteiger partial charge in [0, 0.05) is 26.4 Å². The van der Waals surface area contributed by atoms with Crippen LogP contribution in [0.2, 0.25) is 0 Å². The summed E-state index contributed by atoms with van der Waals surface area (Å²) in [4.78, 5) is 10.8. The highest BCUT2D eigenvalue weighted by molar-refractivity contribution is 7.26. The Kier molecular flexibility index (Phi) is 4.87. The van der Waals surface area contributed by atoms with Crippen molar-refractivity contribution in [1.29, 1.82) is 0 Å². The van der Waals surface area contributed by atoms with Crippen LogP contribution >= 0.6 is 11.3 Å². The lowest BCUT2D eigenvalue weighted by Gasteiger charge is -2.11. The van der Waals surface area contributed by atoms with Crippen LogP contribution in [0, 0.1) is 0 Å². The molecule has 7 aromatic carbocycles. The van der Waals surface area contributed by atoms with Crippen molar-refractivity contribution in [3.8, 4) is 17.2 Å². The van der Waals surface area contributed by atoms with E-state index >= 15 is 0 Å². The summed E-state index contributed by atoms with van der Waals surface area (Å²) in [5.41, 5.74) is 5.27. The fourth-order valence-electron chi connectivity index (χ4n) is 6.91. The van der Waals surface area contributed by atoms with E-state index in [1.165, 1.54) is 47.8 Å². The van der Waals surface area contributed by atoms with Gasteiger partial charge in [0.15, 0.2) is 0 Å². The molecular formula is C40H23N3S. The number of nitrogens with zero attached hydrogens (tertiary/aromatic N) is 3. The number of thiophene rings is 1. The van der Waals surface area contributed by atoms with Crippen LogP contribution in [0.15, 0.2) is 140 Å². The zero-order valence-corrected chi connectivity index (χ0v) is 24.3. The largest absolute Gasteiger partial charge is 0.278 e. The van der Waals surface area contributed by atoms with Crippen molar-refractivity contribution < 1.29 is 0 Å². The first-order valence-electron chi connectivity index (χ1n) is 14.8.